The Labute approximate surface area is 84.0 Å². The molecular formula is C9H7BrFNO. The molecule has 0 saturated carbocycles. The van der Waals surface area contributed by atoms with Crippen LogP contribution >= 0.6 is 15.9 Å². The summed E-state index contributed by atoms with van der Waals surface area (Å²) >= 11 is 3.16. The van der Waals surface area contributed by atoms with Crippen molar-refractivity contribution in [1.29, 1.82) is 0 Å². The SMILES string of the molecule is [C-]#[N+]CC(O)c1cc(Br)ccc1F. The van der Waals surface area contributed by atoms with Crippen LogP contribution in [0.15, 0.2) is 22.7 Å². The molecule has 13 heavy (non-hydrogen) atoms. The Bertz CT molecular complexity index is 348. The van der Waals surface area contributed by atoms with Crippen molar-refractivity contribution in [2.45, 2.75) is 6.10 Å². The van der Waals surface area contributed by atoms with Crippen molar-refractivity contribution in [1.82, 2.24) is 0 Å². The van der Waals surface area contributed by atoms with Gasteiger partial charge < -0.3 is 9.95 Å². The molecule has 1 aromatic rings. The Hall–Kier alpha value is -0.920. The third-order valence-corrected chi connectivity index (χ3v) is 2.07. The maximum atomic E-state index is 13.1. The van der Waals surface area contributed by atoms with Gasteiger partial charge in [-0.1, -0.05) is 15.9 Å². The predicted molar refractivity (Wildman–Crippen MR) is 50.5 cm³/mol. The smallest absolute Gasteiger partial charge is 0.244 e. The predicted octanol–water partition coefficient (Wildman–Crippen LogP) is 2.54. The number of nitrogens with zero attached hydrogens (tertiary/aromatic N) is 1. The lowest BCUT2D eigenvalue weighted by Crippen LogP contribution is -2.02. The summed E-state index contributed by atoms with van der Waals surface area (Å²) in [5.74, 6) is -0.487. The van der Waals surface area contributed by atoms with Crippen molar-refractivity contribution >= 4 is 15.9 Å². The van der Waals surface area contributed by atoms with Crippen LogP contribution in [0.2, 0.25) is 0 Å². The number of hydrogen-bond acceptors (Lipinski definition) is 1. The maximum Gasteiger partial charge on any atom is 0.244 e. The van der Waals surface area contributed by atoms with Gasteiger partial charge in [0.25, 0.3) is 0 Å². The molecule has 1 rings (SSSR count). The molecule has 1 aromatic carbocycles. The molecule has 2 nitrogen and oxygen atoms in total. The van der Waals surface area contributed by atoms with E-state index in [0.29, 0.717) is 4.47 Å². The Morgan fingerprint density at radius 3 is 2.92 bits per heavy atom. The van der Waals surface area contributed by atoms with Crippen molar-refractivity contribution < 1.29 is 9.50 Å². The Kier molecular flexibility index (Phi) is 3.40. The second kappa shape index (κ2) is 4.35. The van der Waals surface area contributed by atoms with Crippen LogP contribution in [-0.4, -0.2) is 11.7 Å². The lowest BCUT2D eigenvalue weighted by Gasteiger charge is -2.05. The van der Waals surface area contributed by atoms with E-state index in [9.17, 15) is 9.50 Å². The number of rotatable bonds is 2. The summed E-state index contributed by atoms with van der Waals surface area (Å²) in [6, 6.07) is 4.28. The highest BCUT2D eigenvalue weighted by Gasteiger charge is 2.15. The van der Waals surface area contributed by atoms with E-state index in [1.807, 2.05) is 0 Å². The van der Waals surface area contributed by atoms with Crippen LogP contribution in [-0.2, 0) is 0 Å². The van der Waals surface area contributed by atoms with Gasteiger partial charge in [-0.05, 0) is 18.2 Å². The van der Waals surface area contributed by atoms with E-state index in [0.717, 1.165) is 0 Å². The molecule has 0 spiro atoms. The van der Waals surface area contributed by atoms with Gasteiger partial charge in [0.05, 0.1) is 0 Å². The Morgan fingerprint density at radius 2 is 2.31 bits per heavy atom. The average Bonchev–Trinajstić information content (AvgIpc) is 2.09. The van der Waals surface area contributed by atoms with Gasteiger partial charge in [0, 0.05) is 10.0 Å². The number of hydrogen-bond donors (Lipinski definition) is 1. The first kappa shape index (κ1) is 10.2. The van der Waals surface area contributed by atoms with Gasteiger partial charge in [0.15, 0.2) is 6.10 Å². The first-order valence-electron chi connectivity index (χ1n) is 3.61. The molecule has 0 fully saturated rings. The first-order chi connectivity index (χ1) is 6.15. The van der Waals surface area contributed by atoms with Crippen molar-refractivity contribution in [3.63, 3.8) is 0 Å². The van der Waals surface area contributed by atoms with Crippen molar-refractivity contribution in [3.05, 3.63) is 45.5 Å². The van der Waals surface area contributed by atoms with Crippen LogP contribution in [0.5, 0.6) is 0 Å². The fourth-order valence-corrected chi connectivity index (χ4v) is 1.33. The summed E-state index contributed by atoms with van der Waals surface area (Å²) in [6.45, 7) is 6.42. The van der Waals surface area contributed by atoms with Crippen LogP contribution in [0.4, 0.5) is 4.39 Å². The van der Waals surface area contributed by atoms with Crippen molar-refractivity contribution in [2.75, 3.05) is 6.54 Å². The summed E-state index contributed by atoms with van der Waals surface area (Å²) in [5, 5.41) is 9.35. The summed E-state index contributed by atoms with van der Waals surface area (Å²) in [7, 11) is 0. The largest absolute Gasteiger partial charge is 0.380 e. The molecule has 1 unspecified atom stereocenters. The molecule has 1 N–H and O–H groups in total. The lowest BCUT2D eigenvalue weighted by atomic mass is 10.1. The zero-order chi connectivity index (χ0) is 9.84. The van der Waals surface area contributed by atoms with Crippen LogP contribution in [0, 0.1) is 12.4 Å². The minimum atomic E-state index is -1.05. The van der Waals surface area contributed by atoms with Crippen LogP contribution in [0.25, 0.3) is 4.85 Å². The number of aliphatic hydroxyl groups excluding tert-OH is 1. The number of halogens is 2. The fraction of sp³-hybridized carbons (Fsp3) is 0.222. The zero-order valence-corrected chi connectivity index (χ0v) is 8.25. The average molecular weight is 244 g/mol. The maximum absolute atomic E-state index is 13.1. The molecule has 4 heteroatoms. The van der Waals surface area contributed by atoms with E-state index < -0.39 is 11.9 Å². The molecule has 1 atom stereocenters. The van der Waals surface area contributed by atoms with Gasteiger partial charge in [0.2, 0.25) is 6.54 Å². The van der Waals surface area contributed by atoms with Gasteiger partial charge in [-0.25, -0.2) is 11.0 Å². The summed E-state index contributed by atoms with van der Waals surface area (Å²) < 4.78 is 13.7. The Morgan fingerprint density at radius 1 is 1.62 bits per heavy atom. The molecule has 68 valence electrons. The van der Waals surface area contributed by atoms with Gasteiger partial charge >= 0.3 is 0 Å². The van der Waals surface area contributed by atoms with Crippen LogP contribution in [0.3, 0.4) is 0 Å². The highest BCUT2D eigenvalue weighted by atomic mass is 79.9. The quantitative estimate of drug-likeness (QED) is 0.794. The lowest BCUT2D eigenvalue weighted by molar-refractivity contribution is 0.190. The topological polar surface area (TPSA) is 24.6 Å². The van der Waals surface area contributed by atoms with Gasteiger partial charge in [-0.2, -0.15) is 0 Å². The van der Waals surface area contributed by atoms with Gasteiger partial charge in [-0.15, -0.1) is 0 Å². The second-order valence-corrected chi connectivity index (χ2v) is 3.44. The molecule has 0 aliphatic heterocycles. The molecule has 0 aromatic heterocycles. The normalized spacial score (nSPS) is 12.2. The first-order valence-corrected chi connectivity index (χ1v) is 4.40. The van der Waals surface area contributed by atoms with Gasteiger partial charge in [-0.3, -0.25) is 0 Å². The standard InChI is InChI=1S/C9H7BrFNO/c1-12-5-9(13)7-4-6(10)2-3-8(7)11/h2-4,9,13H,5H2. The molecule has 0 saturated heterocycles. The van der Waals surface area contributed by atoms with E-state index in [2.05, 4.69) is 20.8 Å². The number of benzene rings is 1. The molecule has 0 aliphatic rings. The molecule has 0 bridgehead atoms. The molecular weight excluding hydrogens is 237 g/mol. The summed E-state index contributed by atoms with van der Waals surface area (Å²) in [6.07, 6.45) is -1.05. The van der Waals surface area contributed by atoms with E-state index in [4.69, 9.17) is 6.57 Å². The highest BCUT2D eigenvalue weighted by molar-refractivity contribution is 9.10. The third kappa shape index (κ3) is 2.51. The minimum absolute atomic E-state index is 0.118. The highest BCUT2D eigenvalue weighted by Crippen LogP contribution is 2.21. The van der Waals surface area contributed by atoms with E-state index in [-0.39, 0.29) is 12.1 Å². The molecule has 0 amide bonds. The van der Waals surface area contributed by atoms with Crippen LogP contribution < -0.4 is 0 Å². The third-order valence-electron chi connectivity index (χ3n) is 1.58. The van der Waals surface area contributed by atoms with E-state index >= 15 is 0 Å². The number of aliphatic hydroxyl groups is 1. The zero-order valence-electron chi connectivity index (χ0n) is 6.67. The molecule has 0 radical (unpaired) electrons. The van der Waals surface area contributed by atoms with E-state index in [1.165, 1.54) is 12.1 Å². The second-order valence-electron chi connectivity index (χ2n) is 2.52. The molecule has 0 heterocycles. The van der Waals surface area contributed by atoms with Gasteiger partial charge in [0.1, 0.15) is 5.82 Å². The molecule has 0 aliphatic carbocycles. The fourth-order valence-electron chi connectivity index (χ4n) is 0.955. The monoisotopic (exact) mass is 243 g/mol. The Balaban J connectivity index is 3.00. The van der Waals surface area contributed by atoms with E-state index in [1.54, 1.807) is 6.07 Å². The minimum Gasteiger partial charge on any atom is -0.380 e. The van der Waals surface area contributed by atoms with Crippen molar-refractivity contribution in [3.8, 4) is 0 Å². The summed E-state index contributed by atoms with van der Waals surface area (Å²) in [5.41, 5.74) is 0.158. The van der Waals surface area contributed by atoms with Crippen molar-refractivity contribution in [2.24, 2.45) is 0 Å². The van der Waals surface area contributed by atoms with Crippen LogP contribution in [0.1, 0.15) is 11.7 Å². The summed E-state index contributed by atoms with van der Waals surface area (Å²) in [4.78, 5) is 3.00.